The van der Waals surface area contributed by atoms with Crippen LogP contribution in [0.3, 0.4) is 0 Å². The number of benzene rings is 1. The molecule has 8 heteroatoms. The van der Waals surface area contributed by atoms with E-state index in [1.54, 1.807) is 4.90 Å². The van der Waals surface area contributed by atoms with Crippen molar-refractivity contribution in [3.05, 3.63) is 39.9 Å². The second kappa shape index (κ2) is 5.28. The number of tetrazole rings is 1. The first kappa shape index (κ1) is 13.2. The molecular formula is C12H11BrFN5O. The summed E-state index contributed by atoms with van der Waals surface area (Å²) in [6.45, 7) is 0.930. The van der Waals surface area contributed by atoms with Crippen molar-refractivity contribution in [1.82, 2.24) is 25.1 Å². The van der Waals surface area contributed by atoms with Gasteiger partial charge in [-0.2, -0.15) is 0 Å². The van der Waals surface area contributed by atoms with E-state index in [2.05, 4.69) is 31.5 Å². The van der Waals surface area contributed by atoms with E-state index in [0.717, 1.165) is 10.0 Å². The lowest BCUT2D eigenvalue weighted by atomic mass is 9.99. The van der Waals surface area contributed by atoms with Crippen LogP contribution in [0.5, 0.6) is 0 Å². The first-order valence-corrected chi connectivity index (χ1v) is 6.88. The van der Waals surface area contributed by atoms with E-state index in [9.17, 15) is 9.18 Å². The van der Waals surface area contributed by atoms with Gasteiger partial charge in [0.1, 0.15) is 18.7 Å². The summed E-state index contributed by atoms with van der Waals surface area (Å²) < 4.78 is 16.0. The number of hydrogen-bond acceptors (Lipinski definition) is 4. The SMILES string of the molecule is O=C(Cn1cnnn1)N1CCc2cc(Br)cc(F)c2C1. The lowest BCUT2D eigenvalue weighted by molar-refractivity contribution is -0.133. The molecule has 0 radical (unpaired) electrons. The molecule has 0 saturated carbocycles. The summed E-state index contributed by atoms with van der Waals surface area (Å²) in [5.41, 5.74) is 1.54. The van der Waals surface area contributed by atoms with Gasteiger partial charge in [0.25, 0.3) is 0 Å². The maximum atomic E-state index is 13.9. The van der Waals surface area contributed by atoms with Gasteiger partial charge in [-0.1, -0.05) is 15.9 Å². The Bertz CT molecular complexity index is 646. The van der Waals surface area contributed by atoms with Crippen molar-refractivity contribution < 1.29 is 9.18 Å². The highest BCUT2D eigenvalue weighted by Gasteiger charge is 2.23. The van der Waals surface area contributed by atoms with Gasteiger partial charge in [-0.15, -0.1) is 5.10 Å². The van der Waals surface area contributed by atoms with Crippen LogP contribution in [0.25, 0.3) is 0 Å². The third kappa shape index (κ3) is 2.55. The zero-order chi connectivity index (χ0) is 14.1. The Balaban J connectivity index is 1.76. The molecule has 6 nitrogen and oxygen atoms in total. The minimum atomic E-state index is -0.283. The van der Waals surface area contributed by atoms with Gasteiger partial charge in [-0.25, -0.2) is 9.07 Å². The van der Waals surface area contributed by atoms with Gasteiger partial charge in [-0.3, -0.25) is 4.79 Å². The summed E-state index contributed by atoms with van der Waals surface area (Å²) in [5.74, 6) is -0.403. The number of halogens is 2. The van der Waals surface area contributed by atoms with Crippen LogP contribution in [0, 0.1) is 5.82 Å². The molecule has 1 aromatic heterocycles. The average Bonchev–Trinajstić information content (AvgIpc) is 2.91. The van der Waals surface area contributed by atoms with Crippen molar-refractivity contribution in [1.29, 1.82) is 0 Å². The van der Waals surface area contributed by atoms with Gasteiger partial charge in [0, 0.05) is 23.1 Å². The largest absolute Gasteiger partial charge is 0.336 e. The molecule has 104 valence electrons. The Morgan fingerprint density at radius 2 is 2.30 bits per heavy atom. The Kier molecular flexibility index (Phi) is 3.47. The fraction of sp³-hybridized carbons (Fsp3) is 0.333. The first-order valence-electron chi connectivity index (χ1n) is 6.09. The monoisotopic (exact) mass is 339 g/mol. The summed E-state index contributed by atoms with van der Waals surface area (Å²) in [5, 5.41) is 10.6. The molecular weight excluding hydrogens is 329 g/mol. The van der Waals surface area contributed by atoms with Gasteiger partial charge in [0.2, 0.25) is 5.91 Å². The summed E-state index contributed by atoms with van der Waals surface area (Å²) in [4.78, 5) is 13.8. The van der Waals surface area contributed by atoms with E-state index in [1.807, 2.05) is 6.07 Å². The molecule has 1 amide bonds. The molecule has 1 aromatic carbocycles. The number of hydrogen-bond donors (Lipinski definition) is 0. The predicted molar refractivity (Wildman–Crippen MR) is 71.0 cm³/mol. The Morgan fingerprint density at radius 3 is 3.05 bits per heavy atom. The fourth-order valence-corrected chi connectivity index (χ4v) is 2.76. The lowest BCUT2D eigenvalue weighted by Crippen LogP contribution is -2.38. The van der Waals surface area contributed by atoms with Crippen molar-refractivity contribution in [2.45, 2.75) is 19.5 Å². The minimum Gasteiger partial charge on any atom is -0.336 e. The minimum absolute atomic E-state index is 0.0699. The summed E-state index contributed by atoms with van der Waals surface area (Å²) >= 11 is 3.28. The number of rotatable bonds is 2. The van der Waals surface area contributed by atoms with Crippen molar-refractivity contribution in [2.75, 3.05) is 6.54 Å². The molecule has 1 aliphatic rings. The van der Waals surface area contributed by atoms with E-state index in [4.69, 9.17) is 0 Å². The topological polar surface area (TPSA) is 63.9 Å². The molecule has 2 aromatic rings. The molecule has 0 saturated heterocycles. The van der Waals surface area contributed by atoms with Crippen LogP contribution >= 0.6 is 15.9 Å². The average molecular weight is 340 g/mol. The summed E-state index contributed by atoms with van der Waals surface area (Å²) in [6, 6.07) is 3.33. The van der Waals surface area contributed by atoms with Crippen LogP contribution in [0.4, 0.5) is 4.39 Å². The van der Waals surface area contributed by atoms with Crippen molar-refractivity contribution in [2.24, 2.45) is 0 Å². The summed E-state index contributed by atoms with van der Waals surface area (Å²) in [7, 11) is 0. The van der Waals surface area contributed by atoms with Crippen molar-refractivity contribution in [3.8, 4) is 0 Å². The van der Waals surface area contributed by atoms with E-state index in [-0.39, 0.29) is 24.8 Å². The number of fused-ring (bicyclic) bond motifs is 1. The number of carbonyl (C=O) groups excluding carboxylic acids is 1. The normalized spacial score (nSPS) is 14.2. The van der Waals surface area contributed by atoms with Crippen LogP contribution in [0.1, 0.15) is 11.1 Å². The second-order valence-corrected chi connectivity index (χ2v) is 5.51. The smallest absolute Gasteiger partial charge is 0.244 e. The molecule has 2 heterocycles. The van der Waals surface area contributed by atoms with Crippen molar-refractivity contribution >= 4 is 21.8 Å². The molecule has 0 bridgehead atoms. The molecule has 20 heavy (non-hydrogen) atoms. The van der Waals surface area contributed by atoms with E-state index < -0.39 is 0 Å². The Hall–Kier alpha value is -1.83. The molecule has 3 rings (SSSR count). The highest BCUT2D eigenvalue weighted by atomic mass is 79.9. The molecule has 0 unspecified atom stereocenters. The second-order valence-electron chi connectivity index (χ2n) is 4.60. The summed E-state index contributed by atoms with van der Waals surface area (Å²) in [6.07, 6.45) is 2.03. The lowest BCUT2D eigenvalue weighted by Gasteiger charge is -2.29. The van der Waals surface area contributed by atoms with Gasteiger partial charge in [-0.05, 0) is 34.5 Å². The Labute approximate surface area is 122 Å². The van der Waals surface area contributed by atoms with Crippen LogP contribution in [-0.2, 0) is 24.3 Å². The van der Waals surface area contributed by atoms with Gasteiger partial charge in [0.15, 0.2) is 0 Å². The zero-order valence-corrected chi connectivity index (χ0v) is 12.0. The van der Waals surface area contributed by atoms with Gasteiger partial charge >= 0.3 is 0 Å². The van der Waals surface area contributed by atoms with Gasteiger partial charge < -0.3 is 4.90 Å². The van der Waals surface area contributed by atoms with Gasteiger partial charge in [0.05, 0.1) is 0 Å². The predicted octanol–water partition coefficient (Wildman–Crippen LogP) is 1.16. The Morgan fingerprint density at radius 1 is 1.45 bits per heavy atom. The molecule has 0 aliphatic carbocycles. The molecule has 0 spiro atoms. The van der Waals surface area contributed by atoms with E-state index in [1.165, 1.54) is 17.1 Å². The molecule has 0 atom stereocenters. The zero-order valence-electron chi connectivity index (χ0n) is 10.5. The number of carbonyl (C=O) groups is 1. The van der Waals surface area contributed by atoms with Crippen LogP contribution in [0.15, 0.2) is 22.9 Å². The third-order valence-electron chi connectivity index (χ3n) is 3.29. The molecule has 0 fully saturated rings. The van der Waals surface area contributed by atoms with E-state index >= 15 is 0 Å². The van der Waals surface area contributed by atoms with Crippen LogP contribution in [0.2, 0.25) is 0 Å². The van der Waals surface area contributed by atoms with Crippen LogP contribution < -0.4 is 0 Å². The quantitative estimate of drug-likeness (QED) is 0.823. The third-order valence-corrected chi connectivity index (χ3v) is 3.75. The number of aromatic nitrogens is 4. The highest BCUT2D eigenvalue weighted by Crippen LogP contribution is 2.26. The van der Waals surface area contributed by atoms with Crippen LogP contribution in [-0.4, -0.2) is 37.6 Å². The fourth-order valence-electron chi connectivity index (χ4n) is 2.29. The molecule has 0 N–H and O–H groups in total. The number of nitrogens with zero attached hydrogens (tertiary/aromatic N) is 5. The van der Waals surface area contributed by atoms with E-state index in [0.29, 0.717) is 18.5 Å². The number of amides is 1. The standard InChI is InChI=1S/C12H11BrFN5O/c13-9-3-8-1-2-18(5-10(8)11(14)4-9)12(20)6-19-7-15-16-17-19/h3-4,7H,1-2,5-6H2. The first-order chi connectivity index (χ1) is 9.63. The molecule has 1 aliphatic heterocycles. The highest BCUT2D eigenvalue weighted by molar-refractivity contribution is 9.10. The maximum Gasteiger partial charge on any atom is 0.244 e. The maximum absolute atomic E-state index is 13.9. The van der Waals surface area contributed by atoms with Crippen molar-refractivity contribution in [3.63, 3.8) is 0 Å².